The smallest absolute Gasteiger partial charge is 0.222 e. The molecule has 16 heavy (non-hydrogen) atoms. The van der Waals surface area contributed by atoms with Crippen LogP contribution in [0.1, 0.15) is 26.7 Å². The van der Waals surface area contributed by atoms with Gasteiger partial charge in [0.15, 0.2) is 0 Å². The lowest BCUT2D eigenvalue weighted by Gasteiger charge is -2.21. The van der Waals surface area contributed by atoms with Gasteiger partial charge >= 0.3 is 0 Å². The van der Waals surface area contributed by atoms with Crippen LogP contribution in [0.2, 0.25) is 0 Å². The summed E-state index contributed by atoms with van der Waals surface area (Å²) in [7, 11) is -1.41. The molecule has 0 radical (unpaired) electrons. The van der Waals surface area contributed by atoms with Crippen molar-refractivity contribution in [3.8, 4) is 0 Å². The van der Waals surface area contributed by atoms with Crippen molar-refractivity contribution in [2.45, 2.75) is 32.2 Å². The van der Waals surface area contributed by atoms with Crippen molar-refractivity contribution in [2.24, 2.45) is 5.73 Å². The second kappa shape index (κ2) is 5.63. The Morgan fingerprint density at radius 2 is 1.88 bits per heavy atom. The molecule has 96 valence electrons. The number of hydrogen-bond donors (Lipinski definition) is 1. The van der Waals surface area contributed by atoms with Crippen molar-refractivity contribution >= 4 is 15.7 Å². The van der Waals surface area contributed by atoms with Crippen LogP contribution in [0.25, 0.3) is 0 Å². The summed E-state index contributed by atoms with van der Waals surface area (Å²) in [6.07, 6.45) is 2.10. The van der Waals surface area contributed by atoms with Gasteiger partial charge in [-0.2, -0.15) is 0 Å². The van der Waals surface area contributed by atoms with Gasteiger partial charge in [0.05, 0.1) is 5.75 Å². The molecule has 0 aliphatic heterocycles. The highest BCUT2D eigenvalue weighted by Crippen LogP contribution is 2.08. The molecule has 5 nitrogen and oxygen atoms in total. The number of hydrogen-bond acceptors (Lipinski definition) is 4. The molecular formula is C10H22N2O3S. The Morgan fingerprint density at radius 3 is 2.25 bits per heavy atom. The molecule has 0 heterocycles. The molecular weight excluding hydrogens is 228 g/mol. The molecule has 2 N–H and O–H groups in total. The molecule has 0 aromatic rings. The third kappa shape index (κ3) is 8.67. The third-order valence-corrected chi connectivity index (χ3v) is 3.13. The van der Waals surface area contributed by atoms with Gasteiger partial charge in [0.2, 0.25) is 5.91 Å². The monoisotopic (exact) mass is 250 g/mol. The largest absolute Gasteiger partial charge is 0.345 e. The van der Waals surface area contributed by atoms with Gasteiger partial charge in [0.1, 0.15) is 9.84 Å². The average molecular weight is 250 g/mol. The third-order valence-electron chi connectivity index (χ3n) is 2.21. The van der Waals surface area contributed by atoms with Crippen LogP contribution in [0.4, 0.5) is 0 Å². The van der Waals surface area contributed by atoms with E-state index < -0.39 is 9.84 Å². The maximum atomic E-state index is 11.6. The maximum Gasteiger partial charge on any atom is 0.222 e. The molecule has 0 aromatic heterocycles. The first-order chi connectivity index (χ1) is 7.01. The molecule has 6 heteroatoms. The summed E-state index contributed by atoms with van der Waals surface area (Å²) >= 11 is 0. The van der Waals surface area contributed by atoms with E-state index in [1.807, 2.05) is 13.8 Å². The summed E-state index contributed by atoms with van der Waals surface area (Å²) in [6, 6.07) is 0. The first kappa shape index (κ1) is 15.4. The zero-order valence-electron chi connectivity index (χ0n) is 10.5. The normalized spacial score (nSPS) is 12.6. The van der Waals surface area contributed by atoms with Crippen LogP contribution in [0.3, 0.4) is 0 Å². The highest BCUT2D eigenvalue weighted by molar-refractivity contribution is 7.90. The van der Waals surface area contributed by atoms with Gasteiger partial charge in [0.25, 0.3) is 0 Å². The second-order valence-corrected chi connectivity index (χ2v) is 7.19. The van der Waals surface area contributed by atoms with E-state index in [0.29, 0.717) is 12.8 Å². The van der Waals surface area contributed by atoms with Gasteiger partial charge in [-0.1, -0.05) is 0 Å². The fraction of sp³-hybridized carbons (Fsp3) is 0.900. The van der Waals surface area contributed by atoms with E-state index in [1.165, 1.54) is 4.90 Å². The number of rotatable bonds is 6. The van der Waals surface area contributed by atoms with Crippen LogP contribution < -0.4 is 5.73 Å². The molecule has 0 bridgehead atoms. The summed E-state index contributed by atoms with van der Waals surface area (Å²) in [5.74, 6) is -0.0662. The summed E-state index contributed by atoms with van der Waals surface area (Å²) in [5, 5.41) is 0. The fourth-order valence-corrected chi connectivity index (χ4v) is 1.65. The standard InChI is InChI=1S/C10H22N2O3S/c1-10(2,11)6-5-9(13)12(3)7-8-16(4,14)15/h5-8,11H2,1-4H3. The van der Waals surface area contributed by atoms with Crippen molar-refractivity contribution in [3.63, 3.8) is 0 Å². The van der Waals surface area contributed by atoms with Crippen LogP contribution in [0.5, 0.6) is 0 Å². The molecule has 0 atom stereocenters. The van der Waals surface area contributed by atoms with E-state index in [2.05, 4.69) is 0 Å². The number of amides is 1. The van der Waals surface area contributed by atoms with E-state index in [-0.39, 0.29) is 23.7 Å². The highest BCUT2D eigenvalue weighted by atomic mass is 32.2. The number of carbonyl (C=O) groups is 1. The fourth-order valence-electron chi connectivity index (χ4n) is 1.05. The van der Waals surface area contributed by atoms with Crippen molar-refractivity contribution in [2.75, 3.05) is 25.6 Å². The van der Waals surface area contributed by atoms with Crippen molar-refractivity contribution in [1.82, 2.24) is 4.90 Å². The Bertz CT molecular complexity index is 330. The average Bonchev–Trinajstić information content (AvgIpc) is 2.07. The number of carbonyl (C=O) groups excluding carboxylic acids is 1. The zero-order valence-corrected chi connectivity index (χ0v) is 11.3. The minimum Gasteiger partial charge on any atom is -0.345 e. The molecule has 0 saturated carbocycles. The van der Waals surface area contributed by atoms with Gasteiger partial charge in [0, 0.05) is 31.8 Å². The SMILES string of the molecule is CN(CCS(C)(=O)=O)C(=O)CCC(C)(C)N. The minimum absolute atomic E-state index is 0.00125. The predicted molar refractivity (Wildman–Crippen MR) is 64.8 cm³/mol. The van der Waals surface area contributed by atoms with Gasteiger partial charge in [-0.25, -0.2) is 8.42 Å². The minimum atomic E-state index is -3.01. The molecule has 0 aliphatic carbocycles. The molecule has 0 unspecified atom stereocenters. The lowest BCUT2D eigenvalue weighted by atomic mass is 10.00. The first-order valence-corrected chi connectivity index (χ1v) is 7.28. The molecule has 1 amide bonds. The van der Waals surface area contributed by atoms with Crippen LogP contribution in [-0.2, 0) is 14.6 Å². The van der Waals surface area contributed by atoms with E-state index in [9.17, 15) is 13.2 Å². The van der Waals surface area contributed by atoms with Crippen LogP contribution >= 0.6 is 0 Å². The second-order valence-electron chi connectivity index (χ2n) is 4.93. The first-order valence-electron chi connectivity index (χ1n) is 5.22. The highest BCUT2D eigenvalue weighted by Gasteiger charge is 2.16. The van der Waals surface area contributed by atoms with Crippen LogP contribution in [0, 0.1) is 0 Å². The summed E-state index contributed by atoms with van der Waals surface area (Å²) in [6.45, 7) is 3.95. The predicted octanol–water partition coefficient (Wildman–Crippen LogP) is 0.00690. The van der Waals surface area contributed by atoms with Gasteiger partial charge in [-0.15, -0.1) is 0 Å². The number of nitrogens with two attached hydrogens (primary N) is 1. The summed E-state index contributed by atoms with van der Waals surface area (Å²) in [4.78, 5) is 13.0. The van der Waals surface area contributed by atoms with E-state index in [0.717, 1.165) is 6.26 Å². The topological polar surface area (TPSA) is 80.5 Å². The molecule has 0 spiro atoms. The molecule has 0 fully saturated rings. The van der Waals surface area contributed by atoms with Crippen molar-refractivity contribution in [3.05, 3.63) is 0 Å². The van der Waals surface area contributed by atoms with Crippen LogP contribution in [-0.4, -0.2) is 50.4 Å². The molecule has 0 saturated heterocycles. The number of sulfone groups is 1. The van der Waals surface area contributed by atoms with Gasteiger partial charge < -0.3 is 10.6 Å². The number of nitrogens with zero attached hydrogens (tertiary/aromatic N) is 1. The molecule has 0 rings (SSSR count). The van der Waals surface area contributed by atoms with E-state index in [4.69, 9.17) is 5.73 Å². The summed E-state index contributed by atoms with van der Waals surface area (Å²) < 4.78 is 21.8. The zero-order chi connectivity index (χ0) is 13.0. The summed E-state index contributed by atoms with van der Waals surface area (Å²) in [5.41, 5.74) is 5.39. The van der Waals surface area contributed by atoms with Crippen LogP contribution in [0.15, 0.2) is 0 Å². The Kier molecular flexibility index (Phi) is 5.41. The van der Waals surface area contributed by atoms with Gasteiger partial charge in [-0.05, 0) is 20.3 Å². The van der Waals surface area contributed by atoms with Gasteiger partial charge in [-0.3, -0.25) is 4.79 Å². The lowest BCUT2D eigenvalue weighted by molar-refractivity contribution is -0.130. The lowest BCUT2D eigenvalue weighted by Crippen LogP contribution is -2.36. The van der Waals surface area contributed by atoms with Crippen molar-refractivity contribution in [1.29, 1.82) is 0 Å². The van der Waals surface area contributed by atoms with Crippen molar-refractivity contribution < 1.29 is 13.2 Å². The molecule has 0 aromatic carbocycles. The Hall–Kier alpha value is -0.620. The maximum absolute atomic E-state index is 11.6. The Balaban J connectivity index is 4.01. The van der Waals surface area contributed by atoms with E-state index >= 15 is 0 Å². The Morgan fingerprint density at radius 1 is 1.38 bits per heavy atom. The van der Waals surface area contributed by atoms with E-state index in [1.54, 1.807) is 7.05 Å². The Labute approximate surface area is 97.9 Å². The quantitative estimate of drug-likeness (QED) is 0.720. The molecule has 0 aliphatic rings.